The largest absolute Gasteiger partial charge is 0.345 e. The Morgan fingerprint density at radius 1 is 1.44 bits per heavy atom. The van der Waals surface area contributed by atoms with E-state index in [2.05, 4.69) is 21.2 Å². The van der Waals surface area contributed by atoms with Crippen LogP contribution in [-0.4, -0.2) is 5.91 Å². The predicted molar refractivity (Wildman–Crippen MR) is 79.4 cm³/mol. The van der Waals surface area contributed by atoms with Gasteiger partial charge in [-0.25, -0.2) is 0 Å². The fourth-order valence-electron chi connectivity index (χ4n) is 1.58. The summed E-state index contributed by atoms with van der Waals surface area (Å²) in [6, 6.07) is 9.53. The van der Waals surface area contributed by atoms with Gasteiger partial charge < -0.3 is 5.32 Å². The number of carbonyl (C=O) groups excluding carboxylic acids is 1. The Kier molecular flexibility index (Phi) is 4.43. The molecule has 0 fully saturated rings. The number of rotatable bonds is 3. The maximum atomic E-state index is 12.0. The van der Waals surface area contributed by atoms with Crippen molar-refractivity contribution in [2.75, 3.05) is 0 Å². The van der Waals surface area contributed by atoms with Crippen molar-refractivity contribution in [3.8, 4) is 0 Å². The minimum atomic E-state index is -0.137. The number of hydrogen-bond acceptors (Lipinski definition) is 2. The molecule has 0 aliphatic carbocycles. The smallest absolute Gasteiger partial charge is 0.263 e. The Morgan fingerprint density at radius 2 is 2.22 bits per heavy atom. The van der Waals surface area contributed by atoms with E-state index in [-0.39, 0.29) is 11.9 Å². The van der Waals surface area contributed by atoms with Crippen LogP contribution in [0.2, 0.25) is 5.02 Å². The molecule has 2 aromatic rings. The minimum Gasteiger partial charge on any atom is -0.345 e. The van der Waals surface area contributed by atoms with E-state index in [0.717, 1.165) is 10.0 Å². The number of thiophene rings is 1. The van der Waals surface area contributed by atoms with Crippen LogP contribution >= 0.6 is 38.9 Å². The zero-order valence-corrected chi connectivity index (χ0v) is 12.8. The lowest BCUT2D eigenvalue weighted by atomic mass is 10.1. The summed E-state index contributed by atoms with van der Waals surface area (Å²) in [5.74, 6) is -0.137. The van der Waals surface area contributed by atoms with E-state index in [0.29, 0.717) is 9.90 Å². The fourth-order valence-corrected chi connectivity index (χ4v) is 3.04. The second-order valence-corrected chi connectivity index (χ2v) is 6.09. The van der Waals surface area contributed by atoms with Crippen molar-refractivity contribution in [1.29, 1.82) is 0 Å². The number of hydrogen-bond donors (Lipinski definition) is 1. The van der Waals surface area contributed by atoms with Gasteiger partial charge in [-0.2, -0.15) is 0 Å². The lowest BCUT2D eigenvalue weighted by Gasteiger charge is -2.14. The van der Waals surface area contributed by atoms with E-state index in [1.54, 1.807) is 11.4 Å². The van der Waals surface area contributed by atoms with Crippen molar-refractivity contribution in [2.45, 2.75) is 13.0 Å². The average Bonchev–Trinajstić information content (AvgIpc) is 2.75. The van der Waals surface area contributed by atoms with Crippen molar-refractivity contribution in [3.05, 3.63) is 55.6 Å². The predicted octanol–water partition coefficient (Wildman–Crippen LogP) is 4.66. The Balaban J connectivity index is 2.10. The number of nitrogens with one attached hydrogen (secondary N) is 1. The zero-order chi connectivity index (χ0) is 13.1. The first kappa shape index (κ1) is 13.6. The first-order valence-corrected chi connectivity index (χ1v) is 7.42. The van der Waals surface area contributed by atoms with Crippen LogP contribution in [0.15, 0.2) is 40.2 Å². The van der Waals surface area contributed by atoms with Gasteiger partial charge in [0.1, 0.15) is 4.88 Å². The summed E-state index contributed by atoms with van der Waals surface area (Å²) < 4.78 is 0.996. The molecule has 18 heavy (non-hydrogen) atoms. The minimum absolute atomic E-state index is 0.0619. The third-order valence-corrected chi connectivity index (χ3v) is 4.35. The number of halogens is 2. The molecule has 94 valence electrons. The zero-order valence-electron chi connectivity index (χ0n) is 9.61. The molecule has 0 saturated heterocycles. The van der Waals surface area contributed by atoms with Gasteiger partial charge in [-0.15, -0.1) is 11.3 Å². The first-order chi connectivity index (χ1) is 8.58. The Bertz CT molecular complexity index is 570. The molecular weight excluding hydrogens is 334 g/mol. The van der Waals surface area contributed by atoms with E-state index in [1.165, 1.54) is 11.3 Å². The van der Waals surface area contributed by atoms with Crippen molar-refractivity contribution in [2.24, 2.45) is 0 Å². The number of carbonyl (C=O) groups is 1. The van der Waals surface area contributed by atoms with Crippen molar-refractivity contribution >= 4 is 44.8 Å². The highest BCUT2D eigenvalue weighted by Gasteiger charge is 2.15. The maximum Gasteiger partial charge on any atom is 0.263 e. The second-order valence-electron chi connectivity index (χ2n) is 3.85. The van der Waals surface area contributed by atoms with Crippen molar-refractivity contribution < 1.29 is 4.79 Å². The van der Waals surface area contributed by atoms with Gasteiger partial charge in [-0.3, -0.25) is 4.79 Å². The van der Waals surface area contributed by atoms with Crippen LogP contribution in [0.1, 0.15) is 28.2 Å². The Hall–Kier alpha value is -0.840. The van der Waals surface area contributed by atoms with E-state index in [1.807, 2.05) is 31.2 Å². The van der Waals surface area contributed by atoms with Gasteiger partial charge in [-0.05, 0) is 36.1 Å². The maximum absolute atomic E-state index is 12.0. The van der Waals surface area contributed by atoms with Gasteiger partial charge in [-0.1, -0.05) is 39.7 Å². The summed E-state index contributed by atoms with van der Waals surface area (Å²) >= 11 is 10.7. The molecule has 1 N–H and O–H groups in total. The van der Waals surface area contributed by atoms with Crippen LogP contribution in [0.5, 0.6) is 0 Å². The van der Waals surface area contributed by atoms with Crippen LogP contribution in [0, 0.1) is 0 Å². The molecule has 0 radical (unpaired) electrons. The van der Waals surface area contributed by atoms with E-state index >= 15 is 0 Å². The summed E-state index contributed by atoms with van der Waals surface area (Å²) in [5, 5.41) is 5.24. The molecular formula is C13H11BrClNOS. The lowest BCUT2D eigenvalue weighted by molar-refractivity contribution is 0.0944. The van der Waals surface area contributed by atoms with Gasteiger partial charge in [0.25, 0.3) is 5.91 Å². The standard InChI is InChI=1S/C13H11BrClNOS/c1-8(9-3-2-4-10(14)7-9)16-13(17)12-11(15)5-6-18-12/h2-8H,1H3,(H,16,17). The van der Waals surface area contributed by atoms with Gasteiger partial charge in [0.15, 0.2) is 0 Å². The fraction of sp³-hybridized carbons (Fsp3) is 0.154. The molecule has 1 aromatic heterocycles. The van der Waals surface area contributed by atoms with Gasteiger partial charge in [0.05, 0.1) is 11.1 Å². The molecule has 1 aromatic carbocycles. The molecule has 0 saturated carbocycles. The summed E-state index contributed by atoms with van der Waals surface area (Å²) in [6.07, 6.45) is 0. The molecule has 1 unspecified atom stereocenters. The highest BCUT2D eigenvalue weighted by molar-refractivity contribution is 9.10. The topological polar surface area (TPSA) is 29.1 Å². The summed E-state index contributed by atoms with van der Waals surface area (Å²) in [7, 11) is 0. The molecule has 0 spiro atoms. The lowest BCUT2D eigenvalue weighted by Crippen LogP contribution is -2.26. The summed E-state index contributed by atoms with van der Waals surface area (Å²) in [5.41, 5.74) is 1.05. The van der Waals surface area contributed by atoms with Crippen LogP contribution in [0.4, 0.5) is 0 Å². The van der Waals surface area contributed by atoms with Crippen LogP contribution in [0.3, 0.4) is 0 Å². The summed E-state index contributed by atoms with van der Waals surface area (Å²) in [6.45, 7) is 1.95. The Labute approximate surface area is 123 Å². The van der Waals surface area contributed by atoms with Crippen molar-refractivity contribution in [3.63, 3.8) is 0 Å². The second kappa shape index (κ2) is 5.87. The van der Waals surface area contributed by atoms with Crippen LogP contribution < -0.4 is 5.32 Å². The third kappa shape index (κ3) is 3.13. The molecule has 0 bridgehead atoms. The van der Waals surface area contributed by atoms with Crippen LogP contribution in [-0.2, 0) is 0 Å². The van der Waals surface area contributed by atoms with E-state index in [4.69, 9.17) is 11.6 Å². The normalized spacial score (nSPS) is 12.2. The van der Waals surface area contributed by atoms with Crippen LogP contribution in [0.25, 0.3) is 0 Å². The Morgan fingerprint density at radius 3 is 2.83 bits per heavy atom. The van der Waals surface area contributed by atoms with E-state index in [9.17, 15) is 4.79 Å². The van der Waals surface area contributed by atoms with E-state index < -0.39 is 0 Å². The highest BCUT2D eigenvalue weighted by atomic mass is 79.9. The molecule has 2 nitrogen and oxygen atoms in total. The molecule has 0 aliphatic rings. The molecule has 1 amide bonds. The molecule has 5 heteroatoms. The number of amides is 1. The quantitative estimate of drug-likeness (QED) is 0.862. The third-order valence-electron chi connectivity index (χ3n) is 2.52. The average molecular weight is 345 g/mol. The molecule has 1 atom stereocenters. The molecule has 2 rings (SSSR count). The van der Waals surface area contributed by atoms with Gasteiger partial charge in [0, 0.05) is 4.47 Å². The number of benzene rings is 1. The monoisotopic (exact) mass is 343 g/mol. The van der Waals surface area contributed by atoms with Crippen molar-refractivity contribution in [1.82, 2.24) is 5.32 Å². The molecule has 0 aliphatic heterocycles. The SMILES string of the molecule is CC(NC(=O)c1sccc1Cl)c1cccc(Br)c1. The van der Waals surface area contributed by atoms with Gasteiger partial charge in [0.2, 0.25) is 0 Å². The summed E-state index contributed by atoms with van der Waals surface area (Å²) in [4.78, 5) is 12.6. The first-order valence-electron chi connectivity index (χ1n) is 5.37. The molecule has 1 heterocycles. The highest BCUT2D eigenvalue weighted by Crippen LogP contribution is 2.23. The van der Waals surface area contributed by atoms with Gasteiger partial charge >= 0.3 is 0 Å².